The molecule has 0 aromatic carbocycles. The van der Waals surface area contributed by atoms with Gasteiger partial charge in [0.05, 0.1) is 22.6 Å². The van der Waals surface area contributed by atoms with Crippen LogP contribution in [0.15, 0.2) is 0 Å². The van der Waals surface area contributed by atoms with Crippen molar-refractivity contribution in [2.45, 2.75) is 80.1 Å². The van der Waals surface area contributed by atoms with Gasteiger partial charge in [-0.05, 0) is 72.3 Å². The van der Waals surface area contributed by atoms with Crippen molar-refractivity contribution in [3.63, 3.8) is 0 Å². The lowest BCUT2D eigenvalue weighted by Gasteiger charge is -2.33. The zero-order valence-electron chi connectivity index (χ0n) is 23.7. The number of amides is 2. The van der Waals surface area contributed by atoms with Gasteiger partial charge in [-0.15, -0.1) is 34.4 Å². The Labute approximate surface area is 244 Å². The van der Waals surface area contributed by atoms with E-state index < -0.39 is 0 Å². The summed E-state index contributed by atoms with van der Waals surface area (Å²) >= 11 is 4.28. The number of nitrogens with one attached hydrogen (secondary N) is 2. The molecule has 0 fully saturated rings. The largest absolute Gasteiger partial charge is 0.316 e. The fourth-order valence-corrected chi connectivity index (χ4v) is 8.83. The Hall–Kier alpha value is -2.33. The average Bonchev–Trinajstić information content (AvgIpc) is 3.37. The first-order chi connectivity index (χ1) is 18.3. The summed E-state index contributed by atoms with van der Waals surface area (Å²) in [4.78, 5) is 27.8. The highest BCUT2D eigenvalue weighted by molar-refractivity contribution is 8.00. The van der Waals surface area contributed by atoms with Gasteiger partial charge >= 0.3 is 0 Å². The first kappa shape index (κ1) is 29.6. The van der Waals surface area contributed by atoms with Gasteiger partial charge in [-0.3, -0.25) is 9.59 Å². The normalized spacial score (nSPS) is 18.9. The minimum absolute atomic E-state index is 0.116. The average molecular weight is 583 g/mol. The summed E-state index contributed by atoms with van der Waals surface area (Å²) in [5, 5.41) is 26.7. The van der Waals surface area contributed by atoms with E-state index in [0.717, 1.165) is 49.7 Å². The number of thioether (sulfide) groups is 1. The van der Waals surface area contributed by atoms with Crippen LogP contribution in [0.2, 0.25) is 0 Å². The molecule has 2 atom stereocenters. The molecule has 2 aliphatic rings. The van der Waals surface area contributed by atoms with Crippen molar-refractivity contribution in [3.05, 3.63) is 32.0 Å². The smallest absolute Gasteiger partial charge is 0.235 e. The minimum Gasteiger partial charge on any atom is -0.316 e. The Balaban J connectivity index is 1.31. The maximum atomic E-state index is 12.7. The molecule has 0 radical (unpaired) electrons. The van der Waals surface area contributed by atoms with Gasteiger partial charge in [-0.1, -0.05) is 41.5 Å². The first-order valence-corrected chi connectivity index (χ1v) is 16.4. The predicted molar refractivity (Wildman–Crippen MR) is 163 cm³/mol. The number of carbonyl (C=O) groups is 2. The van der Waals surface area contributed by atoms with Crippen LogP contribution in [0, 0.1) is 45.3 Å². The molecular formula is C30H38N4O2S3. The summed E-state index contributed by atoms with van der Waals surface area (Å²) in [5.41, 5.74) is 3.79. The van der Waals surface area contributed by atoms with Crippen LogP contribution in [0.25, 0.3) is 0 Å². The lowest BCUT2D eigenvalue weighted by atomic mass is 9.72. The van der Waals surface area contributed by atoms with Gasteiger partial charge in [0, 0.05) is 9.75 Å². The molecule has 0 aliphatic heterocycles. The second-order valence-corrected chi connectivity index (χ2v) is 16.0. The number of fused-ring (bicyclic) bond motifs is 2. The molecule has 2 aromatic rings. The van der Waals surface area contributed by atoms with E-state index in [4.69, 9.17) is 0 Å². The van der Waals surface area contributed by atoms with E-state index in [1.807, 2.05) is 0 Å². The molecule has 0 bridgehead atoms. The summed E-state index contributed by atoms with van der Waals surface area (Å²) in [6.45, 7) is 13.5. The Morgan fingerprint density at radius 3 is 1.51 bits per heavy atom. The molecule has 2 amide bonds. The highest BCUT2D eigenvalue weighted by Gasteiger charge is 2.33. The third-order valence-corrected chi connectivity index (χ3v) is 11.4. The monoisotopic (exact) mass is 582 g/mol. The Kier molecular flexibility index (Phi) is 8.86. The van der Waals surface area contributed by atoms with Crippen LogP contribution in [-0.4, -0.2) is 23.3 Å². The number of thiophene rings is 2. The van der Waals surface area contributed by atoms with E-state index >= 15 is 0 Å². The van der Waals surface area contributed by atoms with Gasteiger partial charge < -0.3 is 10.6 Å². The standard InChI is InChI=1S/C30H38N4O2S3/c1-29(2,3)17-7-9-19-21(13-31)27(38-23(19)11-17)33-25(35)15-37-16-26(36)34-28-22(14-32)20-10-8-18(30(4,5)6)12-24(20)39-28/h17-18H,7-12,15-16H2,1-6H3,(H,33,35)(H,34,36)/t17-,18+. The van der Waals surface area contributed by atoms with E-state index in [9.17, 15) is 20.1 Å². The van der Waals surface area contributed by atoms with Crippen molar-refractivity contribution < 1.29 is 9.59 Å². The van der Waals surface area contributed by atoms with Gasteiger partial charge in [0.1, 0.15) is 22.1 Å². The molecule has 39 heavy (non-hydrogen) atoms. The zero-order valence-corrected chi connectivity index (χ0v) is 26.2. The topological polar surface area (TPSA) is 106 Å². The summed E-state index contributed by atoms with van der Waals surface area (Å²) in [5.74, 6) is 0.919. The van der Waals surface area contributed by atoms with Crippen LogP contribution < -0.4 is 10.6 Å². The van der Waals surface area contributed by atoms with E-state index in [2.05, 4.69) is 64.3 Å². The number of anilines is 2. The highest BCUT2D eigenvalue weighted by atomic mass is 32.2. The second kappa shape index (κ2) is 11.6. The summed E-state index contributed by atoms with van der Waals surface area (Å²) in [6.07, 6.45) is 5.73. The Morgan fingerprint density at radius 1 is 0.795 bits per heavy atom. The van der Waals surface area contributed by atoms with E-state index in [-0.39, 0.29) is 34.2 Å². The lowest BCUT2D eigenvalue weighted by Crippen LogP contribution is -2.26. The first-order valence-electron chi connectivity index (χ1n) is 13.6. The van der Waals surface area contributed by atoms with Gasteiger partial charge in [-0.25, -0.2) is 0 Å². The molecule has 2 aromatic heterocycles. The van der Waals surface area contributed by atoms with Gasteiger partial charge in [0.2, 0.25) is 11.8 Å². The summed E-state index contributed by atoms with van der Waals surface area (Å²) in [7, 11) is 0. The second-order valence-electron chi connectivity index (χ2n) is 12.8. The van der Waals surface area contributed by atoms with Gasteiger partial charge in [-0.2, -0.15) is 10.5 Å². The molecular weight excluding hydrogens is 545 g/mol. The van der Waals surface area contributed by atoms with Crippen molar-refractivity contribution in [3.8, 4) is 12.1 Å². The summed E-state index contributed by atoms with van der Waals surface area (Å²) in [6, 6.07) is 4.61. The number of hydrogen-bond acceptors (Lipinski definition) is 7. The molecule has 4 rings (SSSR count). The molecule has 2 heterocycles. The van der Waals surface area contributed by atoms with Crippen LogP contribution in [0.3, 0.4) is 0 Å². The Morgan fingerprint density at radius 2 is 1.18 bits per heavy atom. The zero-order chi connectivity index (χ0) is 28.5. The molecule has 0 saturated heterocycles. The van der Waals surface area contributed by atoms with Crippen LogP contribution in [0.5, 0.6) is 0 Å². The lowest BCUT2D eigenvalue weighted by molar-refractivity contribution is -0.114. The molecule has 0 saturated carbocycles. The SMILES string of the molecule is CC(C)(C)[C@@H]1CCc2c(sc(NC(=O)CSCC(=O)Nc3sc4c(c3C#N)CC[C@H](C(C)(C)C)C4)c2C#N)C1. The molecule has 9 heteroatoms. The number of rotatable bonds is 6. The molecule has 208 valence electrons. The third kappa shape index (κ3) is 6.70. The van der Waals surface area contributed by atoms with E-state index in [1.165, 1.54) is 44.2 Å². The number of nitriles is 2. The number of hydrogen-bond donors (Lipinski definition) is 2. The van der Waals surface area contributed by atoms with Crippen molar-refractivity contribution in [1.82, 2.24) is 0 Å². The van der Waals surface area contributed by atoms with Crippen molar-refractivity contribution >= 4 is 56.3 Å². The maximum Gasteiger partial charge on any atom is 0.235 e. The fraction of sp³-hybridized carbons (Fsp3) is 0.600. The van der Waals surface area contributed by atoms with Crippen molar-refractivity contribution in [2.24, 2.45) is 22.7 Å². The Bertz CT molecular complexity index is 1240. The van der Waals surface area contributed by atoms with Gasteiger partial charge in [0.25, 0.3) is 0 Å². The van der Waals surface area contributed by atoms with Crippen LogP contribution in [-0.2, 0) is 35.3 Å². The van der Waals surface area contributed by atoms with Crippen molar-refractivity contribution in [2.75, 3.05) is 22.1 Å². The molecule has 2 aliphatic carbocycles. The third-order valence-electron chi connectivity index (χ3n) is 8.18. The maximum absolute atomic E-state index is 12.7. The minimum atomic E-state index is -0.215. The molecule has 6 nitrogen and oxygen atoms in total. The molecule has 0 unspecified atom stereocenters. The van der Waals surface area contributed by atoms with E-state index in [0.29, 0.717) is 33.0 Å². The number of carbonyl (C=O) groups excluding carboxylic acids is 2. The number of nitrogens with zero attached hydrogens (tertiary/aromatic N) is 2. The summed E-state index contributed by atoms with van der Waals surface area (Å²) < 4.78 is 0. The van der Waals surface area contributed by atoms with Gasteiger partial charge in [0.15, 0.2) is 0 Å². The molecule has 2 N–H and O–H groups in total. The van der Waals surface area contributed by atoms with E-state index in [1.54, 1.807) is 0 Å². The quantitative estimate of drug-likeness (QED) is 0.376. The van der Waals surface area contributed by atoms with Crippen LogP contribution >= 0.6 is 34.4 Å². The predicted octanol–water partition coefficient (Wildman–Crippen LogP) is 7.17. The van der Waals surface area contributed by atoms with Crippen LogP contribution in [0.4, 0.5) is 10.0 Å². The molecule has 0 spiro atoms. The van der Waals surface area contributed by atoms with Crippen LogP contribution in [0.1, 0.15) is 86.4 Å². The highest BCUT2D eigenvalue weighted by Crippen LogP contribution is 2.45. The fourth-order valence-electron chi connectivity index (χ4n) is 5.62. The van der Waals surface area contributed by atoms with Crippen molar-refractivity contribution in [1.29, 1.82) is 10.5 Å².